The molecular formula is C21H20N4O2. The van der Waals surface area contributed by atoms with Crippen LogP contribution in [0.1, 0.15) is 44.9 Å². The van der Waals surface area contributed by atoms with E-state index in [1.165, 1.54) is 12.3 Å². The van der Waals surface area contributed by atoms with Crippen LogP contribution >= 0.6 is 0 Å². The van der Waals surface area contributed by atoms with E-state index in [-0.39, 0.29) is 23.6 Å². The predicted octanol–water partition coefficient (Wildman–Crippen LogP) is 2.90. The zero-order valence-electron chi connectivity index (χ0n) is 14.9. The van der Waals surface area contributed by atoms with Crippen molar-refractivity contribution in [3.05, 3.63) is 95.6 Å². The molecule has 0 fully saturated rings. The highest BCUT2D eigenvalue weighted by Crippen LogP contribution is 2.12. The first-order chi connectivity index (χ1) is 13.1. The van der Waals surface area contributed by atoms with Gasteiger partial charge in [0.05, 0.1) is 6.04 Å². The molecule has 6 nitrogen and oxygen atoms in total. The van der Waals surface area contributed by atoms with Crippen LogP contribution in [0.2, 0.25) is 0 Å². The number of hydrogen-bond donors (Lipinski definition) is 2. The average molecular weight is 360 g/mol. The van der Waals surface area contributed by atoms with Gasteiger partial charge in [-0.3, -0.25) is 19.6 Å². The number of aromatic nitrogens is 2. The molecule has 6 heteroatoms. The molecule has 1 unspecified atom stereocenters. The largest absolute Gasteiger partial charge is 0.348 e. The highest BCUT2D eigenvalue weighted by atomic mass is 16.2. The van der Waals surface area contributed by atoms with Gasteiger partial charge >= 0.3 is 0 Å². The van der Waals surface area contributed by atoms with Crippen LogP contribution in [0.5, 0.6) is 0 Å². The number of hydrogen-bond acceptors (Lipinski definition) is 4. The Morgan fingerprint density at radius 3 is 2.44 bits per heavy atom. The summed E-state index contributed by atoms with van der Waals surface area (Å²) in [5.41, 5.74) is 2.53. The SMILES string of the molecule is CC(NC(=O)c1cc(C(=O)NCc2ccncc2)ccn1)c1ccccc1. The zero-order chi connectivity index (χ0) is 19.1. The minimum absolute atomic E-state index is 0.162. The number of pyridine rings is 2. The number of carbonyl (C=O) groups is 2. The van der Waals surface area contributed by atoms with Gasteiger partial charge in [0.15, 0.2) is 0 Å². The van der Waals surface area contributed by atoms with Gasteiger partial charge in [-0.2, -0.15) is 0 Å². The monoisotopic (exact) mass is 360 g/mol. The first-order valence-corrected chi connectivity index (χ1v) is 8.62. The second kappa shape index (κ2) is 8.71. The predicted molar refractivity (Wildman–Crippen MR) is 102 cm³/mol. The van der Waals surface area contributed by atoms with Gasteiger partial charge in [0.1, 0.15) is 5.69 Å². The molecule has 1 aromatic carbocycles. The summed E-state index contributed by atoms with van der Waals surface area (Å²) in [5.74, 6) is -0.588. The molecule has 3 aromatic rings. The van der Waals surface area contributed by atoms with Crippen molar-refractivity contribution >= 4 is 11.8 Å². The lowest BCUT2D eigenvalue weighted by Crippen LogP contribution is -2.28. The van der Waals surface area contributed by atoms with Crippen LogP contribution in [0.4, 0.5) is 0 Å². The Balaban J connectivity index is 1.64. The van der Waals surface area contributed by atoms with E-state index in [1.54, 1.807) is 18.5 Å². The Labute approximate surface area is 157 Å². The van der Waals surface area contributed by atoms with Gasteiger partial charge in [0.25, 0.3) is 11.8 Å². The van der Waals surface area contributed by atoms with Crippen molar-refractivity contribution in [2.24, 2.45) is 0 Å². The van der Waals surface area contributed by atoms with Crippen molar-refractivity contribution in [1.82, 2.24) is 20.6 Å². The third kappa shape index (κ3) is 4.98. The lowest BCUT2D eigenvalue weighted by atomic mass is 10.1. The second-order valence-electron chi connectivity index (χ2n) is 6.07. The molecule has 27 heavy (non-hydrogen) atoms. The summed E-state index contributed by atoms with van der Waals surface area (Å²) in [6.45, 7) is 2.29. The van der Waals surface area contributed by atoms with Crippen LogP contribution in [-0.4, -0.2) is 21.8 Å². The number of nitrogens with zero attached hydrogens (tertiary/aromatic N) is 2. The Kier molecular flexibility index (Phi) is 5.89. The zero-order valence-corrected chi connectivity index (χ0v) is 14.9. The van der Waals surface area contributed by atoms with Crippen LogP contribution in [-0.2, 0) is 6.54 Å². The molecule has 2 heterocycles. The fourth-order valence-electron chi connectivity index (χ4n) is 2.58. The van der Waals surface area contributed by atoms with Crippen LogP contribution in [0.15, 0.2) is 73.2 Å². The first kappa shape index (κ1) is 18.3. The van der Waals surface area contributed by atoms with Crippen molar-refractivity contribution in [2.45, 2.75) is 19.5 Å². The van der Waals surface area contributed by atoms with E-state index in [4.69, 9.17) is 0 Å². The molecule has 136 valence electrons. The summed E-state index contributed by atoms with van der Waals surface area (Å²) in [6.07, 6.45) is 4.80. The van der Waals surface area contributed by atoms with E-state index < -0.39 is 0 Å². The molecule has 0 aliphatic heterocycles. The Bertz CT molecular complexity index is 914. The summed E-state index contributed by atoms with van der Waals surface area (Å²) in [7, 11) is 0. The summed E-state index contributed by atoms with van der Waals surface area (Å²) in [6, 6.07) is 16.2. The molecule has 0 saturated heterocycles. The van der Waals surface area contributed by atoms with Crippen LogP contribution in [0.3, 0.4) is 0 Å². The van der Waals surface area contributed by atoms with Gasteiger partial charge in [-0.25, -0.2) is 0 Å². The maximum absolute atomic E-state index is 12.5. The lowest BCUT2D eigenvalue weighted by molar-refractivity contribution is 0.0935. The number of amides is 2. The van der Waals surface area contributed by atoms with Gasteiger partial charge in [-0.15, -0.1) is 0 Å². The highest BCUT2D eigenvalue weighted by Gasteiger charge is 2.14. The minimum Gasteiger partial charge on any atom is -0.348 e. The fraction of sp³-hybridized carbons (Fsp3) is 0.143. The summed E-state index contributed by atoms with van der Waals surface area (Å²) >= 11 is 0. The second-order valence-corrected chi connectivity index (χ2v) is 6.07. The Morgan fingerprint density at radius 1 is 0.963 bits per heavy atom. The number of carbonyl (C=O) groups excluding carboxylic acids is 2. The van der Waals surface area contributed by atoms with Gasteiger partial charge in [-0.05, 0) is 42.3 Å². The molecule has 0 aliphatic carbocycles. The van der Waals surface area contributed by atoms with Crippen molar-refractivity contribution in [3.63, 3.8) is 0 Å². The van der Waals surface area contributed by atoms with Gasteiger partial charge < -0.3 is 10.6 Å². The molecule has 0 saturated carbocycles. The standard InChI is InChI=1S/C21H20N4O2/c1-15(17-5-3-2-4-6-17)25-21(27)19-13-18(9-12-23-19)20(26)24-14-16-7-10-22-11-8-16/h2-13,15H,14H2,1H3,(H,24,26)(H,25,27). The summed E-state index contributed by atoms with van der Waals surface area (Å²) in [5, 5.41) is 5.72. The molecule has 2 amide bonds. The summed E-state index contributed by atoms with van der Waals surface area (Å²) < 4.78 is 0. The number of benzene rings is 1. The molecule has 0 bridgehead atoms. The highest BCUT2D eigenvalue weighted by molar-refractivity contribution is 5.98. The summed E-state index contributed by atoms with van der Waals surface area (Å²) in [4.78, 5) is 32.8. The molecule has 3 rings (SSSR count). The number of rotatable bonds is 6. The van der Waals surface area contributed by atoms with E-state index in [1.807, 2.05) is 49.4 Å². The Morgan fingerprint density at radius 2 is 1.70 bits per heavy atom. The van der Waals surface area contributed by atoms with Gasteiger partial charge in [-0.1, -0.05) is 30.3 Å². The normalized spacial score (nSPS) is 11.4. The Hall–Kier alpha value is -3.54. The maximum atomic E-state index is 12.5. The number of nitrogens with one attached hydrogen (secondary N) is 2. The van der Waals surface area contributed by atoms with Crippen LogP contribution < -0.4 is 10.6 Å². The van der Waals surface area contributed by atoms with E-state index in [2.05, 4.69) is 20.6 Å². The van der Waals surface area contributed by atoms with Crippen molar-refractivity contribution in [2.75, 3.05) is 0 Å². The van der Waals surface area contributed by atoms with Crippen LogP contribution in [0, 0.1) is 0 Å². The molecular weight excluding hydrogens is 340 g/mol. The van der Waals surface area contributed by atoms with Gasteiger partial charge in [0, 0.05) is 30.7 Å². The van der Waals surface area contributed by atoms with Crippen molar-refractivity contribution in [3.8, 4) is 0 Å². The third-order valence-corrected chi connectivity index (χ3v) is 4.10. The molecule has 2 N–H and O–H groups in total. The topological polar surface area (TPSA) is 84.0 Å². The van der Waals surface area contributed by atoms with Crippen molar-refractivity contribution < 1.29 is 9.59 Å². The minimum atomic E-state index is -0.324. The van der Waals surface area contributed by atoms with Gasteiger partial charge in [0.2, 0.25) is 0 Å². The lowest BCUT2D eigenvalue weighted by Gasteiger charge is -2.14. The van der Waals surface area contributed by atoms with E-state index in [0.717, 1.165) is 11.1 Å². The molecule has 0 spiro atoms. The third-order valence-electron chi connectivity index (χ3n) is 4.10. The smallest absolute Gasteiger partial charge is 0.270 e. The molecule has 0 radical (unpaired) electrons. The average Bonchev–Trinajstić information content (AvgIpc) is 2.73. The first-order valence-electron chi connectivity index (χ1n) is 8.62. The fourth-order valence-corrected chi connectivity index (χ4v) is 2.58. The van der Waals surface area contributed by atoms with Crippen LogP contribution in [0.25, 0.3) is 0 Å². The maximum Gasteiger partial charge on any atom is 0.270 e. The molecule has 1 atom stereocenters. The molecule has 2 aromatic heterocycles. The van der Waals surface area contributed by atoms with E-state index >= 15 is 0 Å². The quantitative estimate of drug-likeness (QED) is 0.708. The molecule has 0 aliphatic rings. The van der Waals surface area contributed by atoms with E-state index in [0.29, 0.717) is 12.1 Å². The van der Waals surface area contributed by atoms with Crippen molar-refractivity contribution in [1.29, 1.82) is 0 Å². The van der Waals surface area contributed by atoms with E-state index in [9.17, 15) is 9.59 Å².